The van der Waals surface area contributed by atoms with Gasteiger partial charge in [0.2, 0.25) is 0 Å². The predicted octanol–water partition coefficient (Wildman–Crippen LogP) is 4.97. The number of hydrogen-bond acceptors (Lipinski definition) is 4. The van der Waals surface area contributed by atoms with Gasteiger partial charge in [0, 0.05) is 22.9 Å². The van der Waals surface area contributed by atoms with Crippen molar-refractivity contribution in [2.45, 2.75) is 6.92 Å². The molecule has 1 N–H and O–H groups in total. The fourth-order valence-corrected chi connectivity index (χ4v) is 2.58. The Labute approximate surface area is 142 Å². The van der Waals surface area contributed by atoms with Gasteiger partial charge in [-0.3, -0.25) is 4.99 Å². The van der Waals surface area contributed by atoms with Crippen LogP contribution >= 0.6 is 27.5 Å². The summed E-state index contributed by atoms with van der Waals surface area (Å²) < 4.78 is 11.3. The molecule has 2 rings (SSSR count). The summed E-state index contributed by atoms with van der Waals surface area (Å²) in [7, 11) is 1.60. The summed E-state index contributed by atoms with van der Waals surface area (Å²) in [4.78, 5) is 4.33. The Balaban J connectivity index is 2.31. The fraction of sp³-hybridized carbons (Fsp3) is 0.188. The van der Waals surface area contributed by atoms with Crippen LogP contribution in [0.1, 0.15) is 12.5 Å². The molecule has 0 atom stereocenters. The third-order valence-electron chi connectivity index (χ3n) is 2.86. The number of rotatable bonds is 5. The van der Waals surface area contributed by atoms with Crippen LogP contribution in [0.2, 0.25) is 5.02 Å². The number of hydrogen-bond donors (Lipinski definition) is 1. The van der Waals surface area contributed by atoms with E-state index in [4.69, 9.17) is 21.1 Å². The minimum Gasteiger partial charge on any atom is -0.504 e. The van der Waals surface area contributed by atoms with Crippen molar-refractivity contribution in [2.24, 2.45) is 4.99 Å². The highest BCUT2D eigenvalue weighted by atomic mass is 79.9. The van der Waals surface area contributed by atoms with E-state index >= 15 is 0 Å². The number of halogens is 2. The summed E-state index contributed by atoms with van der Waals surface area (Å²) in [6.07, 6.45) is 1.54. The molecule has 6 heteroatoms. The second-order valence-corrected chi connectivity index (χ2v) is 5.64. The van der Waals surface area contributed by atoms with Crippen molar-refractivity contribution < 1.29 is 14.6 Å². The monoisotopic (exact) mass is 383 g/mol. The summed E-state index contributed by atoms with van der Waals surface area (Å²) in [6, 6.07) is 8.63. The quantitative estimate of drug-likeness (QED) is 0.741. The molecule has 2 aromatic carbocycles. The van der Waals surface area contributed by atoms with Crippen LogP contribution < -0.4 is 9.47 Å². The number of aromatic hydroxyl groups is 1. The fourth-order valence-electron chi connectivity index (χ4n) is 1.84. The van der Waals surface area contributed by atoms with E-state index in [1.165, 1.54) is 6.21 Å². The molecular formula is C16H15BrClNO3. The lowest BCUT2D eigenvalue weighted by atomic mass is 10.2. The number of benzene rings is 2. The second kappa shape index (κ2) is 7.51. The average molecular weight is 385 g/mol. The molecular weight excluding hydrogens is 370 g/mol. The smallest absolute Gasteiger partial charge is 0.166 e. The van der Waals surface area contributed by atoms with Crippen LogP contribution in [0, 0.1) is 0 Å². The standard InChI is InChI=1S/C16H15BrClNO3/c1-3-22-15-7-11(18)6-10(16(15)20)9-19-12-4-5-14(21-2)13(17)8-12/h4-9,20H,3H2,1-2H3. The zero-order chi connectivity index (χ0) is 16.1. The first kappa shape index (κ1) is 16.6. The number of phenols is 1. The van der Waals surface area contributed by atoms with Crippen LogP contribution in [0.5, 0.6) is 17.2 Å². The number of nitrogens with zero attached hydrogens (tertiary/aromatic N) is 1. The van der Waals surface area contributed by atoms with Crippen molar-refractivity contribution in [3.05, 3.63) is 45.4 Å². The average Bonchev–Trinajstić information content (AvgIpc) is 2.49. The van der Waals surface area contributed by atoms with Gasteiger partial charge in [0.25, 0.3) is 0 Å². The molecule has 0 amide bonds. The van der Waals surface area contributed by atoms with Gasteiger partial charge < -0.3 is 14.6 Å². The molecule has 0 aliphatic heterocycles. The first-order chi connectivity index (χ1) is 10.5. The lowest BCUT2D eigenvalue weighted by Crippen LogP contribution is -1.94. The largest absolute Gasteiger partial charge is 0.504 e. The summed E-state index contributed by atoms with van der Waals surface area (Å²) in [5, 5.41) is 10.6. The zero-order valence-electron chi connectivity index (χ0n) is 12.1. The molecule has 0 aromatic heterocycles. The van der Waals surface area contributed by atoms with Crippen molar-refractivity contribution in [3.63, 3.8) is 0 Å². The molecule has 0 aliphatic carbocycles. The maximum Gasteiger partial charge on any atom is 0.166 e. The Morgan fingerprint density at radius 3 is 2.68 bits per heavy atom. The third-order valence-corrected chi connectivity index (χ3v) is 3.70. The highest BCUT2D eigenvalue weighted by Crippen LogP contribution is 2.33. The second-order valence-electron chi connectivity index (χ2n) is 4.35. The van der Waals surface area contributed by atoms with Crippen LogP contribution in [-0.2, 0) is 0 Å². The van der Waals surface area contributed by atoms with Crippen molar-refractivity contribution in [1.82, 2.24) is 0 Å². The van der Waals surface area contributed by atoms with Crippen LogP contribution in [0.15, 0.2) is 39.8 Å². The summed E-state index contributed by atoms with van der Waals surface area (Å²) in [6.45, 7) is 2.28. The molecule has 116 valence electrons. The van der Waals surface area contributed by atoms with Gasteiger partial charge in [-0.2, -0.15) is 0 Å². The maximum absolute atomic E-state index is 10.2. The number of aliphatic imine (C=N–C) groups is 1. The highest BCUT2D eigenvalue weighted by molar-refractivity contribution is 9.10. The molecule has 0 bridgehead atoms. The molecule has 0 fully saturated rings. The zero-order valence-corrected chi connectivity index (χ0v) is 14.5. The Bertz CT molecular complexity index is 704. The molecule has 2 aromatic rings. The summed E-state index contributed by atoms with van der Waals surface area (Å²) >= 11 is 9.43. The van der Waals surface area contributed by atoms with Crippen LogP contribution in [0.4, 0.5) is 5.69 Å². The Morgan fingerprint density at radius 1 is 1.27 bits per heavy atom. The van der Waals surface area contributed by atoms with Crippen molar-refractivity contribution in [3.8, 4) is 17.2 Å². The number of ether oxygens (including phenoxy) is 2. The molecule has 0 unspecified atom stereocenters. The molecule has 0 spiro atoms. The van der Waals surface area contributed by atoms with Gasteiger partial charge in [0.1, 0.15) is 5.75 Å². The normalized spacial score (nSPS) is 10.9. The van der Waals surface area contributed by atoms with Gasteiger partial charge >= 0.3 is 0 Å². The third kappa shape index (κ3) is 3.93. The molecule has 22 heavy (non-hydrogen) atoms. The minimum absolute atomic E-state index is 0.0163. The highest BCUT2D eigenvalue weighted by Gasteiger charge is 2.09. The van der Waals surface area contributed by atoms with E-state index in [1.54, 1.807) is 25.3 Å². The Kier molecular flexibility index (Phi) is 5.69. The van der Waals surface area contributed by atoms with Gasteiger partial charge in [-0.1, -0.05) is 11.6 Å². The van der Waals surface area contributed by atoms with Crippen molar-refractivity contribution >= 4 is 39.4 Å². The van der Waals surface area contributed by atoms with Gasteiger partial charge in [-0.25, -0.2) is 0 Å². The Morgan fingerprint density at radius 2 is 2.05 bits per heavy atom. The lowest BCUT2D eigenvalue weighted by molar-refractivity contribution is 0.318. The van der Waals surface area contributed by atoms with E-state index < -0.39 is 0 Å². The minimum atomic E-state index is 0.0163. The summed E-state index contributed by atoms with van der Waals surface area (Å²) in [5.74, 6) is 1.08. The van der Waals surface area contributed by atoms with E-state index in [9.17, 15) is 5.11 Å². The predicted molar refractivity (Wildman–Crippen MR) is 92.2 cm³/mol. The lowest BCUT2D eigenvalue weighted by Gasteiger charge is -2.08. The molecule has 4 nitrogen and oxygen atoms in total. The van der Waals surface area contributed by atoms with E-state index in [-0.39, 0.29) is 5.75 Å². The maximum atomic E-state index is 10.2. The summed E-state index contributed by atoms with van der Waals surface area (Å²) in [5.41, 5.74) is 1.20. The first-order valence-corrected chi connectivity index (χ1v) is 7.75. The van der Waals surface area contributed by atoms with Crippen molar-refractivity contribution in [2.75, 3.05) is 13.7 Å². The molecule has 0 saturated heterocycles. The SMILES string of the molecule is CCOc1cc(Cl)cc(C=Nc2ccc(OC)c(Br)c2)c1O. The van der Waals surface area contributed by atoms with E-state index in [0.717, 1.165) is 10.2 Å². The number of methoxy groups -OCH3 is 1. The van der Waals surface area contributed by atoms with E-state index in [2.05, 4.69) is 20.9 Å². The van der Waals surface area contributed by atoms with Crippen LogP contribution in [0.3, 0.4) is 0 Å². The van der Waals surface area contributed by atoms with Crippen LogP contribution in [-0.4, -0.2) is 25.0 Å². The topological polar surface area (TPSA) is 51.0 Å². The molecule has 0 radical (unpaired) electrons. The molecule has 0 saturated carbocycles. The molecule has 0 heterocycles. The van der Waals surface area contributed by atoms with E-state index in [0.29, 0.717) is 28.6 Å². The van der Waals surface area contributed by atoms with Gasteiger partial charge in [0.15, 0.2) is 11.5 Å². The number of phenolic OH excluding ortho intramolecular Hbond substituents is 1. The Hall–Kier alpha value is -1.72. The van der Waals surface area contributed by atoms with Gasteiger partial charge in [-0.15, -0.1) is 0 Å². The van der Waals surface area contributed by atoms with E-state index in [1.807, 2.05) is 19.1 Å². The van der Waals surface area contributed by atoms with Crippen molar-refractivity contribution in [1.29, 1.82) is 0 Å². The first-order valence-electron chi connectivity index (χ1n) is 6.58. The van der Waals surface area contributed by atoms with Crippen LogP contribution in [0.25, 0.3) is 0 Å². The van der Waals surface area contributed by atoms with Gasteiger partial charge in [0.05, 0.1) is 23.9 Å². The van der Waals surface area contributed by atoms with Gasteiger partial charge in [-0.05, 0) is 47.1 Å². The molecule has 0 aliphatic rings.